The van der Waals surface area contributed by atoms with E-state index in [1.807, 2.05) is 0 Å². The van der Waals surface area contributed by atoms with Gasteiger partial charge in [-0.25, -0.2) is 0 Å². The van der Waals surface area contributed by atoms with Gasteiger partial charge in [0.15, 0.2) is 11.5 Å². The second-order valence-corrected chi connectivity index (χ2v) is 2.79. The highest BCUT2D eigenvalue weighted by Gasteiger charge is 2.14. The van der Waals surface area contributed by atoms with Gasteiger partial charge in [-0.3, -0.25) is 4.99 Å². The molecular formula is C9H11NO5. The minimum absolute atomic E-state index is 0.0521. The molecular weight excluding hydrogens is 202 g/mol. The Morgan fingerprint density at radius 1 is 1.07 bits per heavy atom. The van der Waals surface area contributed by atoms with Gasteiger partial charge >= 0.3 is 0 Å². The number of phenols is 4. The lowest BCUT2D eigenvalue weighted by Crippen LogP contribution is -1.90. The molecule has 0 aliphatic rings. The highest BCUT2D eigenvalue weighted by molar-refractivity contribution is 5.87. The zero-order valence-corrected chi connectivity index (χ0v) is 7.75. The quantitative estimate of drug-likeness (QED) is 0.274. The molecule has 1 aromatic carbocycles. The maximum absolute atomic E-state index is 9.33. The summed E-state index contributed by atoms with van der Waals surface area (Å²) < 4.78 is 0. The van der Waals surface area contributed by atoms with E-state index in [4.69, 9.17) is 20.4 Å². The van der Waals surface area contributed by atoms with Gasteiger partial charge in [0.05, 0.1) is 13.2 Å². The van der Waals surface area contributed by atoms with E-state index in [0.717, 1.165) is 6.07 Å². The average molecular weight is 213 g/mol. The number of aromatic hydroxyl groups is 4. The molecule has 0 bridgehead atoms. The molecule has 0 radical (unpaired) electrons. The summed E-state index contributed by atoms with van der Waals surface area (Å²) in [4.78, 5) is 3.69. The van der Waals surface area contributed by atoms with E-state index in [1.165, 1.54) is 6.21 Å². The molecule has 0 aliphatic carbocycles. The van der Waals surface area contributed by atoms with Gasteiger partial charge in [0.2, 0.25) is 11.5 Å². The molecule has 0 aliphatic heterocycles. The number of nitrogens with zero attached hydrogens (tertiary/aromatic N) is 1. The Balaban J connectivity index is 3.09. The van der Waals surface area contributed by atoms with Gasteiger partial charge in [0.25, 0.3) is 0 Å². The van der Waals surface area contributed by atoms with Crippen molar-refractivity contribution in [2.45, 2.75) is 0 Å². The minimum Gasteiger partial charge on any atom is -0.504 e. The fraction of sp³-hybridized carbons (Fsp3) is 0.222. The molecule has 0 saturated heterocycles. The maximum Gasteiger partial charge on any atom is 0.204 e. The van der Waals surface area contributed by atoms with Crippen LogP contribution in [0.1, 0.15) is 5.56 Å². The van der Waals surface area contributed by atoms with Crippen molar-refractivity contribution >= 4 is 6.21 Å². The van der Waals surface area contributed by atoms with E-state index in [9.17, 15) is 5.11 Å². The van der Waals surface area contributed by atoms with Gasteiger partial charge in [0.1, 0.15) is 0 Å². The highest BCUT2D eigenvalue weighted by Crippen LogP contribution is 2.43. The first-order valence-corrected chi connectivity index (χ1v) is 4.15. The van der Waals surface area contributed by atoms with Gasteiger partial charge in [-0.05, 0) is 6.07 Å². The van der Waals surface area contributed by atoms with Crippen molar-refractivity contribution in [1.82, 2.24) is 0 Å². The van der Waals surface area contributed by atoms with Crippen molar-refractivity contribution < 1.29 is 25.5 Å². The number of aliphatic hydroxyl groups is 1. The van der Waals surface area contributed by atoms with Crippen LogP contribution in [0, 0.1) is 0 Å². The smallest absolute Gasteiger partial charge is 0.204 e. The molecule has 5 N–H and O–H groups in total. The Kier molecular flexibility index (Phi) is 3.35. The maximum atomic E-state index is 9.33. The fourth-order valence-corrected chi connectivity index (χ4v) is 0.973. The van der Waals surface area contributed by atoms with Crippen LogP contribution in [0.2, 0.25) is 0 Å². The Morgan fingerprint density at radius 2 is 1.73 bits per heavy atom. The summed E-state index contributed by atoms with van der Waals surface area (Å²) in [5, 5.41) is 45.1. The largest absolute Gasteiger partial charge is 0.504 e. The molecule has 1 aromatic rings. The van der Waals surface area contributed by atoms with Crippen LogP contribution in [-0.2, 0) is 0 Å². The third kappa shape index (κ3) is 2.29. The number of benzene rings is 1. The zero-order valence-electron chi connectivity index (χ0n) is 7.75. The molecule has 15 heavy (non-hydrogen) atoms. The summed E-state index contributed by atoms with van der Waals surface area (Å²) in [6.07, 6.45) is 1.17. The number of rotatable bonds is 3. The van der Waals surface area contributed by atoms with E-state index in [2.05, 4.69) is 4.99 Å². The van der Waals surface area contributed by atoms with Crippen molar-refractivity contribution in [2.24, 2.45) is 4.99 Å². The predicted octanol–water partition coefficient (Wildman–Crippen LogP) is -0.0798. The summed E-state index contributed by atoms with van der Waals surface area (Å²) in [5.41, 5.74) is 0.0521. The fourth-order valence-electron chi connectivity index (χ4n) is 0.973. The highest BCUT2D eigenvalue weighted by atomic mass is 16.3. The van der Waals surface area contributed by atoms with Crippen molar-refractivity contribution in [3.05, 3.63) is 11.6 Å². The van der Waals surface area contributed by atoms with Crippen LogP contribution in [0.5, 0.6) is 23.0 Å². The predicted molar refractivity (Wildman–Crippen MR) is 52.6 cm³/mol. The number of aliphatic imine (C=N–C) groups is 1. The molecule has 0 amide bonds. The second kappa shape index (κ2) is 4.52. The molecule has 0 unspecified atom stereocenters. The molecule has 0 spiro atoms. The first-order chi connectivity index (χ1) is 7.07. The number of aliphatic hydroxyl groups excluding tert-OH is 1. The Hall–Kier alpha value is -1.95. The molecule has 1 rings (SSSR count). The monoisotopic (exact) mass is 213 g/mol. The van der Waals surface area contributed by atoms with E-state index in [0.29, 0.717) is 0 Å². The molecule has 6 nitrogen and oxygen atoms in total. The Morgan fingerprint density at radius 3 is 2.33 bits per heavy atom. The normalized spacial score (nSPS) is 11.0. The van der Waals surface area contributed by atoms with Crippen molar-refractivity contribution in [2.75, 3.05) is 13.2 Å². The number of phenolic OH excluding ortho intramolecular Hbond substituents is 4. The number of hydrogen-bond acceptors (Lipinski definition) is 6. The summed E-state index contributed by atoms with van der Waals surface area (Å²) in [5.74, 6) is -2.73. The molecule has 0 aromatic heterocycles. The van der Waals surface area contributed by atoms with Gasteiger partial charge in [-0.1, -0.05) is 0 Å². The van der Waals surface area contributed by atoms with Crippen LogP contribution in [0.3, 0.4) is 0 Å². The first kappa shape index (κ1) is 11.1. The van der Waals surface area contributed by atoms with Crippen molar-refractivity contribution in [1.29, 1.82) is 0 Å². The lowest BCUT2D eigenvalue weighted by Gasteiger charge is -2.05. The van der Waals surface area contributed by atoms with Gasteiger partial charge in [0, 0.05) is 11.8 Å². The van der Waals surface area contributed by atoms with Crippen LogP contribution in [-0.4, -0.2) is 44.9 Å². The van der Waals surface area contributed by atoms with E-state index < -0.39 is 23.0 Å². The van der Waals surface area contributed by atoms with Crippen LogP contribution in [0.4, 0.5) is 0 Å². The lowest BCUT2D eigenvalue weighted by atomic mass is 10.1. The summed E-state index contributed by atoms with van der Waals surface area (Å²) in [6.45, 7) is -0.00481. The Bertz CT molecular complexity index is 389. The summed E-state index contributed by atoms with van der Waals surface area (Å²) >= 11 is 0. The molecule has 6 heteroatoms. The zero-order chi connectivity index (χ0) is 11.4. The van der Waals surface area contributed by atoms with Crippen molar-refractivity contribution in [3.63, 3.8) is 0 Å². The topological polar surface area (TPSA) is 114 Å². The molecule has 0 fully saturated rings. The molecule has 82 valence electrons. The second-order valence-electron chi connectivity index (χ2n) is 2.79. The van der Waals surface area contributed by atoms with E-state index >= 15 is 0 Å². The average Bonchev–Trinajstić information content (AvgIpc) is 2.23. The van der Waals surface area contributed by atoms with Crippen molar-refractivity contribution in [3.8, 4) is 23.0 Å². The van der Waals surface area contributed by atoms with Crippen LogP contribution in [0.25, 0.3) is 0 Å². The van der Waals surface area contributed by atoms with E-state index in [1.54, 1.807) is 0 Å². The molecule has 0 heterocycles. The van der Waals surface area contributed by atoms with Crippen LogP contribution >= 0.6 is 0 Å². The lowest BCUT2D eigenvalue weighted by molar-refractivity contribution is 0.307. The van der Waals surface area contributed by atoms with Gasteiger partial charge < -0.3 is 25.5 Å². The summed E-state index contributed by atoms with van der Waals surface area (Å²) in [7, 11) is 0. The Labute approximate surface area is 85.4 Å². The van der Waals surface area contributed by atoms with Crippen LogP contribution in [0.15, 0.2) is 11.1 Å². The van der Waals surface area contributed by atoms with E-state index in [-0.39, 0.29) is 18.7 Å². The van der Waals surface area contributed by atoms with Crippen LogP contribution < -0.4 is 0 Å². The minimum atomic E-state index is -0.805. The number of hydrogen-bond donors (Lipinski definition) is 5. The summed E-state index contributed by atoms with van der Waals surface area (Å²) in [6, 6.07) is 1.05. The third-order valence-corrected chi connectivity index (χ3v) is 1.72. The standard InChI is InChI=1S/C9H11NO5/c11-2-1-10-4-5-3-6(12)8(14)9(15)7(5)13/h3-4,11-15H,1-2H2/b10-4+. The van der Waals surface area contributed by atoms with Gasteiger partial charge in [-0.15, -0.1) is 0 Å². The molecule has 0 atom stereocenters. The SMILES string of the molecule is OCC/N=C/c1cc(O)c(O)c(O)c1O. The molecule has 0 saturated carbocycles. The first-order valence-electron chi connectivity index (χ1n) is 4.15. The van der Waals surface area contributed by atoms with Gasteiger partial charge in [-0.2, -0.15) is 0 Å². The third-order valence-electron chi connectivity index (χ3n) is 1.72.